The summed E-state index contributed by atoms with van der Waals surface area (Å²) in [5, 5.41) is 3.17. The van der Waals surface area contributed by atoms with Crippen molar-refractivity contribution in [2.75, 3.05) is 26.2 Å². The van der Waals surface area contributed by atoms with Gasteiger partial charge in [-0.25, -0.2) is 9.97 Å². The van der Waals surface area contributed by atoms with Crippen LogP contribution in [-0.2, 0) is 11.2 Å². The van der Waals surface area contributed by atoms with Gasteiger partial charge in [-0.2, -0.15) is 0 Å². The molecule has 0 aliphatic carbocycles. The summed E-state index contributed by atoms with van der Waals surface area (Å²) in [5.74, 6) is 2.01. The van der Waals surface area contributed by atoms with Gasteiger partial charge >= 0.3 is 0 Å². The highest BCUT2D eigenvalue weighted by molar-refractivity contribution is 5.94. The Kier molecular flexibility index (Phi) is 8.37. The highest BCUT2D eigenvalue weighted by atomic mass is 16.5. The molecule has 7 heteroatoms. The Bertz CT molecular complexity index is 998. The molecule has 0 atom stereocenters. The van der Waals surface area contributed by atoms with Crippen LogP contribution in [-0.4, -0.2) is 52.9 Å². The van der Waals surface area contributed by atoms with Crippen LogP contribution in [0, 0.1) is 5.41 Å². The quantitative estimate of drug-likeness (QED) is 0.686. The van der Waals surface area contributed by atoms with Crippen molar-refractivity contribution in [3.8, 4) is 5.75 Å². The fourth-order valence-corrected chi connectivity index (χ4v) is 5.11. The van der Waals surface area contributed by atoms with E-state index in [1.54, 1.807) is 12.4 Å². The van der Waals surface area contributed by atoms with Gasteiger partial charge in [-0.05, 0) is 50.2 Å². The zero-order valence-corrected chi connectivity index (χ0v) is 21.1. The minimum absolute atomic E-state index is 0.0488. The molecule has 0 bridgehead atoms. The van der Waals surface area contributed by atoms with E-state index in [4.69, 9.17) is 4.74 Å². The first kappa shape index (κ1) is 25.1. The molecule has 1 aromatic carbocycles. The fraction of sp³-hybridized carbons (Fsp3) is 0.571. The predicted molar refractivity (Wildman–Crippen MR) is 135 cm³/mol. The Balaban J connectivity index is 1.38. The standard InChI is InChI=1S/C28H38N4O3/c1-21(2)25-30-19-23(20-31-25)26(33)32-16-13-28(14-17-32)12-7-3-4-9-22-10-5-6-11-24(22)35-18-8-15-29-27(28)34/h5-6,10-11,19-21H,3-4,7-9,12-18H2,1-2H3,(H,29,34). The van der Waals surface area contributed by atoms with E-state index in [0.29, 0.717) is 44.6 Å². The van der Waals surface area contributed by atoms with Gasteiger partial charge in [0.05, 0.1) is 17.6 Å². The second-order valence-electron chi connectivity index (χ2n) is 10.2. The number of nitrogens with one attached hydrogen (secondary N) is 1. The van der Waals surface area contributed by atoms with Crippen molar-refractivity contribution in [3.05, 3.63) is 53.6 Å². The minimum Gasteiger partial charge on any atom is -0.493 e. The first-order valence-corrected chi connectivity index (χ1v) is 13.1. The molecule has 0 radical (unpaired) electrons. The molecule has 2 aliphatic heterocycles. The lowest BCUT2D eigenvalue weighted by Gasteiger charge is -2.41. The average molecular weight is 479 g/mol. The third-order valence-electron chi connectivity index (χ3n) is 7.36. The largest absolute Gasteiger partial charge is 0.493 e. The average Bonchev–Trinajstić information content (AvgIpc) is 2.88. The molecule has 7 nitrogen and oxygen atoms in total. The number of nitrogens with zero attached hydrogens (tertiary/aromatic N) is 3. The van der Waals surface area contributed by atoms with Crippen molar-refractivity contribution in [1.29, 1.82) is 0 Å². The molecule has 2 aromatic rings. The molecule has 0 unspecified atom stereocenters. The Hall–Kier alpha value is -2.96. The van der Waals surface area contributed by atoms with Gasteiger partial charge in [-0.3, -0.25) is 9.59 Å². The van der Waals surface area contributed by atoms with Crippen molar-refractivity contribution in [2.24, 2.45) is 5.41 Å². The monoisotopic (exact) mass is 478 g/mol. The van der Waals surface area contributed by atoms with Crippen LogP contribution in [0.1, 0.15) is 86.5 Å². The van der Waals surface area contributed by atoms with E-state index in [0.717, 1.165) is 50.1 Å². The molecule has 2 amide bonds. The van der Waals surface area contributed by atoms with Gasteiger partial charge < -0.3 is 15.0 Å². The molecular formula is C28H38N4O3. The van der Waals surface area contributed by atoms with Gasteiger partial charge in [0, 0.05) is 37.9 Å². The molecule has 188 valence electrons. The second kappa shape index (κ2) is 11.6. The summed E-state index contributed by atoms with van der Waals surface area (Å²) in [6.45, 7) is 6.41. The minimum atomic E-state index is -0.405. The molecule has 1 aromatic heterocycles. The number of aromatic nitrogens is 2. The van der Waals surface area contributed by atoms with Gasteiger partial charge in [0.2, 0.25) is 5.91 Å². The van der Waals surface area contributed by atoms with Gasteiger partial charge in [0.25, 0.3) is 5.91 Å². The topological polar surface area (TPSA) is 84.4 Å². The van der Waals surface area contributed by atoms with Crippen LogP contribution in [0.5, 0.6) is 5.75 Å². The fourth-order valence-electron chi connectivity index (χ4n) is 5.11. The lowest BCUT2D eigenvalue weighted by molar-refractivity contribution is -0.134. The molecule has 1 N–H and O–H groups in total. The number of para-hydroxylation sites is 1. The summed E-state index contributed by atoms with van der Waals surface area (Å²) in [4.78, 5) is 36.9. The number of hydrogen-bond donors (Lipinski definition) is 1. The van der Waals surface area contributed by atoms with Crippen molar-refractivity contribution in [1.82, 2.24) is 20.2 Å². The number of piperidine rings is 1. The normalized spacial score (nSPS) is 19.4. The molecule has 4 rings (SSSR count). The number of rotatable bonds is 2. The molecular weight excluding hydrogens is 440 g/mol. The molecule has 1 spiro atoms. The lowest BCUT2D eigenvalue weighted by Crippen LogP contribution is -2.50. The summed E-state index contributed by atoms with van der Waals surface area (Å²) in [5.41, 5.74) is 1.37. The molecule has 2 aliphatic rings. The SMILES string of the molecule is CC(C)c1ncc(C(=O)N2CCC3(CCCCCc4ccccc4OCCCNC3=O)CC2)cn1. The van der Waals surface area contributed by atoms with Crippen molar-refractivity contribution in [3.63, 3.8) is 0 Å². The zero-order valence-electron chi connectivity index (χ0n) is 21.1. The highest BCUT2D eigenvalue weighted by Gasteiger charge is 2.41. The van der Waals surface area contributed by atoms with Crippen LogP contribution in [0.3, 0.4) is 0 Å². The van der Waals surface area contributed by atoms with Crippen molar-refractivity contribution >= 4 is 11.8 Å². The Labute approximate surface area is 208 Å². The Morgan fingerprint density at radius 3 is 2.51 bits per heavy atom. The molecule has 0 saturated carbocycles. The van der Waals surface area contributed by atoms with E-state index in [9.17, 15) is 9.59 Å². The van der Waals surface area contributed by atoms with Crippen LogP contribution >= 0.6 is 0 Å². The lowest BCUT2D eigenvalue weighted by atomic mass is 9.73. The van der Waals surface area contributed by atoms with E-state index < -0.39 is 5.41 Å². The van der Waals surface area contributed by atoms with E-state index in [1.165, 1.54) is 5.56 Å². The summed E-state index contributed by atoms with van der Waals surface area (Å²) >= 11 is 0. The van der Waals surface area contributed by atoms with Crippen LogP contribution in [0.15, 0.2) is 36.7 Å². The molecule has 1 saturated heterocycles. The van der Waals surface area contributed by atoms with Gasteiger partial charge in [-0.1, -0.05) is 44.9 Å². The van der Waals surface area contributed by atoms with Crippen LogP contribution < -0.4 is 10.1 Å². The third-order valence-corrected chi connectivity index (χ3v) is 7.36. The predicted octanol–water partition coefficient (Wildman–Crippen LogP) is 4.52. The zero-order chi connectivity index (χ0) is 24.7. The number of ether oxygens (including phenoxy) is 1. The number of benzene rings is 1. The maximum atomic E-state index is 13.3. The number of fused-ring (bicyclic) bond motifs is 1. The molecule has 3 heterocycles. The van der Waals surface area contributed by atoms with Crippen LogP contribution in [0.2, 0.25) is 0 Å². The Morgan fingerprint density at radius 1 is 1.03 bits per heavy atom. The number of amides is 2. The summed E-state index contributed by atoms with van der Waals surface area (Å²) in [6, 6.07) is 8.27. The van der Waals surface area contributed by atoms with Gasteiger partial charge in [0.15, 0.2) is 0 Å². The Morgan fingerprint density at radius 2 is 1.77 bits per heavy atom. The van der Waals surface area contributed by atoms with E-state index in [2.05, 4.69) is 27.4 Å². The number of aryl methyl sites for hydroxylation is 1. The first-order valence-electron chi connectivity index (χ1n) is 13.1. The van der Waals surface area contributed by atoms with Crippen LogP contribution in [0.4, 0.5) is 0 Å². The van der Waals surface area contributed by atoms with E-state index in [-0.39, 0.29) is 17.7 Å². The summed E-state index contributed by atoms with van der Waals surface area (Å²) in [7, 11) is 0. The summed E-state index contributed by atoms with van der Waals surface area (Å²) in [6.07, 6.45) is 10.4. The van der Waals surface area contributed by atoms with Crippen molar-refractivity contribution < 1.29 is 14.3 Å². The highest BCUT2D eigenvalue weighted by Crippen LogP contribution is 2.38. The van der Waals surface area contributed by atoms with Crippen LogP contribution in [0.25, 0.3) is 0 Å². The second-order valence-corrected chi connectivity index (χ2v) is 10.2. The molecule has 1 fully saturated rings. The molecule has 35 heavy (non-hydrogen) atoms. The summed E-state index contributed by atoms with van der Waals surface area (Å²) < 4.78 is 6.00. The smallest absolute Gasteiger partial charge is 0.256 e. The van der Waals surface area contributed by atoms with Crippen molar-refractivity contribution in [2.45, 2.75) is 71.1 Å². The number of hydrogen-bond acceptors (Lipinski definition) is 5. The van der Waals surface area contributed by atoms with E-state index >= 15 is 0 Å². The third kappa shape index (κ3) is 6.19. The van der Waals surface area contributed by atoms with Gasteiger partial charge in [0.1, 0.15) is 11.6 Å². The van der Waals surface area contributed by atoms with Gasteiger partial charge in [-0.15, -0.1) is 0 Å². The van der Waals surface area contributed by atoms with E-state index in [1.807, 2.05) is 30.9 Å². The number of carbonyl (C=O) groups excluding carboxylic acids is 2. The maximum Gasteiger partial charge on any atom is 0.256 e. The maximum absolute atomic E-state index is 13.3. The number of carbonyl (C=O) groups is 2. The number of likely N-dealkylation sites (tertiary alicyclic amines) is 1. The first-order chi connectivity index (χ1) is 17.0.